The highest BCUT2D eigenvalue weighted by molar-refractivity contribution is 9.09. The number of rotatable bonds is 2. The number of carbonyl (C=O) groups is 1. The van der Waals surface area contributed by atoms with Crippen molar-refractivity contribution in [3.05, 3.63) is 29.3 Å². The number of aryl methyl sites for hydroxylation is 2. The van der Waals surface area contributed by atoms with E-state index in [1.54, 1.807) is 11.9 Å². The Bertz CT molecular complexity index is 329. The zero-order chi connectivity index (χ0) is 10.7. The van der Waals surface area contributed by atoms with Crippen LogP contribution in [-0.4, -0.2) is 18.3 Å². The molecule has 0 aliphatic heterocycles. The topological polar surface area (TPSA) is 20.3 Å². The summed E-state index contributed by atoms with van der Waals surface area (Å²) < 4.78 is 0. The third-order valence-corrected chi connectivity index (χ3v) is 2.56. The first kappa shape index (κ1) is 11.2. The third-order valence-electron chi connectivity index (χ3n) is 2.08. The number of nitrogens with zero attached hydrogens (tertiary/aromatic N) is 1. The summed E-state index contributed by atoms with van der Waals surface area (Å²) in [4.78, 5) is 13.1. The third kappa shape index (κ3) is 2.58. The van der Waals surface area contributed by atoms with E-state index in [0.29, 0.717) is 5.33 Å². The van der Waals surface area contributed by atoms with E-state index >= 15 is 0 Å². The lowest BCUT2D eigenvalue weighted by atomic mass is 10.1. The van der Waals surface area contributed by atoms with Crippen LogP contribution in [0.5, 0.6) is 0 Å². The maximum atomic E-state index is 11.4. The average Bonchev–Trinajstić information content (AvgIpc) is 2.14. The lowest BCUT2D eigenvalue weighted by Crippen LogP contribution is -2.27. The van der Waals surface area contributed by atoms with Crippen LogP contribution in [0.25, 0.3) is 0 Å². The van der Waals surface area contributed by atoms with E-state index < -0.39 is 0 Å². The van der Waals surface area contributed by atoms with Crippen LogP contribution >= 0.6 is 15.9 Å². The monoisotopic (exact) mass is 255 g/mol. The molecule has 0 fully saturated rings. The summed E-state index contributed by atoms with van der Waals surface area (Å²) >= 11 is 3.16. The summed E-state index contributed by atoms with van der Waals surface area (Å²) in [6.07, 6.45) is 0. The number of hydrogen-bond acceptors (Lipinski definition) is 1. The lowest BCUT2D eigenvalue weighted by molar-refractivity contribution is -0.115. The second kappa shape index (κ2) is 4.60. The maximum Gasteiger partial charge on any atom is 0.237 e. The Morgan fingerprint density at radius 3 is 2.21 bits per heavy atom. The number of benzene rings is 1. The zero-order valence-corrected chi connectivity index (χ0v) is 10.3. The van der Waals surface area contributed by atoms with Gasteiger partial charge in [0.1, 0.15) is 0 Å². The van der Waals surface area contributed by atoms with Crippen LogP contribution in [0, 0.1) is 13.8 Å². The van der Waals surface area contributed by atoms with Crippen LogP contribution in [0.1, 0.15) is 11.1 Å². The molecule has 0 N–H and O–H groups in total. The standard InChI is InChI=1S/C11H14BrNO/c1-8-4-9(2)6-10(5-8)13(3)11(14)7-12/h4-6H,7H2,1-3H3. The molecule has 1 aromatic rings. The van der Waals surface area contributed by atoms with Crippen LogP contribution in [0.2, 0.25) is 0 Å². The summed E-state index contributed by atoms with van der Waals surface area (Å²) in [7, 11) is 1.79. The Labute approximate surface area is 93.0 Å². The highest BCUT2D eigenvalue weighted by Crippen LogP contribution is 2.17. The van der Waals surface area contributed by atoms with Crippen molar-refractivity contribution in [1.82, 2.24) is 0 Å². The molecule has 0 unspecified atom stereocenters. The van der Waals surface area contributed by atoms with E-state index in [-0.39, 0.29) is 5.91 Å². The van der Waals surface area contributed by atoms with Gasteiger partial charge in [0.25, 0.3) is 0 Å². The lowest BCUT2D eigenvalue weighted by Gasteiger charge is -2.17. The summed E-state index contributed by atoms with van der Waals surface area (Å²) in [5, 5.41) is 0.358. The molecule has 0 saturated carbocycles. The Morgan fingerprint density at radius 1 is 1.29 bits per heavy atom. The molecule has 1 aromatic carbocycles. The van der Waals surface area contributed by atoms with Gasteiger partial charge in [-0.25, -0.2) is 0 Å². The van der Waals surface area contributed by atoms with E-state index in [9.17, 15) is 4.79 Å². The highest BCUT2D eigenvalue weighted by atomic mass is 79.9. The molecule has 0 bridgehead atoms. The molecule has 0 atom stereocenters. The van der Waals surface area contributed by atoms with Gasteiger partial charge in [0.15, 0.2) is 0 Å². The molecule has 0 saturated heterocycles. The number of hydrogen-bond donors (Lipinski definition) is 0. The van der Waals surface area contributed by atoms with Gasteiger partial charge in [-0.15, -0.1) is 0 Å². The van der Waals surface area contributed by atoms with Gasteiger partial charge in [0, 0.05) is 12.7 Å². The normalized spacial score (nSPS) is 10.0. The fourth-order valence-corrected chi connectivity index (χ4v) is 1.75. The van der Waals surface area contributed by atoms with Crippen molar-refractivity contribution in [2.75, 3.05) is 17.3 Å². The molecule has 0 spiro atoms. The minimum absolute atomic E-state index is 0.0648. The predicted molar refractivity (Wildman–Crippen MR) is 63.1 cm³/mol. The number of halogens is 1. The van der Waals surface area contributed by atoms with Crippen molar-refractivity contribution >= 4 is 27.5 Å². The van der Waals surface area contributed by atoms with Crippen molar-refractivity contribution in [3.8, 4) is 0 Å². The van der Waals surface area contributed by atoms with E-state index in [4.69, 9.17) is 0 Å². The Hall–Kier alpha value is -0.830. The number of amides is 1. The van der Waals surface area contributed by atoms with Gasteiger partial charge in [-0.1, -0.05) is 22.0 Å². The first-order chi connectivity index (χ1) is 6.54. The predicted octanol–water partition coefficient (Wildman–Crippen LogP) is 2.66. The van der Waals surface area contributed by atoms with Crippen molar-refractivity contribution < 1.29 is 4.79 Å². The fourth-order valence-electron chi connectivity index (χ4n) is 1.38. The molecule has 1 amide bonds. The Balaban J connectivity index is 3.00. The summed E-state index contributed by atoms with van der Waals surface area (Å²) in [5.74, 6) is 0.0648. The molecule has 1 rings (SSSR count). The van der Waals surface area contributed by atoms with Gasteiger partial charge >= 0.3 is 0 Å². The minimum atomic E-state index is 0.0648. The van der Waals surface area contributed by atoms with Crippen LogP contribution in [-0.2, 0) is 4.79 Å². The molecule has 14 heavy (non-hydrogen) atoms. The van der Waals surface area contributed by atoms with Gasteiger partial charge in [-0.2, -0.15) is 0 Å². The molecule has 0 heterocycles. The second-order valence-electron chi connectivity index (χ2n) is 3.43. The molecule has 0 radical (unpaired) electrons. The van der Waals surface area contributed by atoms with Crippen molar-refractivity contribution in [1.29, 1.82) is 0 Å². The zero-order valence-electron chi connectivity index (χ0n) is 8.67. The van der Waals surface area contributed by atoms with E-state index in [1.165, 1.54) is 11.1 Å². The number of alkyl halides is 1. The Kier molecular flexibility index (Phi) is 3.69. The molecular weight excluding hydrogens is 242 g/mol. The fraction of sp³-hybridized carbons (Fsp3) is 0.364. The maximum absolute atomic E-state index is 11.4. The van der Waals surface area contributed by atoms with Crippen LogP contribution in [0.4, 0.5) is 5.69 Å². The first-order valence-corrected chi connectivity index (χ1v) is 5.57. The van der Waals surface area contributed by atoms with Crippen molar-refractivity contribution in [3.63, 3.8) is 0 Å². The quantitative estimate of drug-likeness (QED) is 0.745. The molecule has 2 nitrogen and oxygen atoms in total. The minimum Gasteiger partial charge on any atom is -0.315 e. The van der Waals surface area contributed by atoms with Gasteiger partial charge < -0.3 is 4.90 Å². The average molecular weight is 256 g/mol. The van der Waals surface area contributed by atoms with Gasteiger partial charge in [0.2, 0.25) is 5.91 Å². The largest absolute Gasteiger partial charge is 0.315 e. The first-order valence-electron chi connectivity index (χ1n) is 4.45. The summed E-state index contributed by atoms with van der Waals surface area (Å²) in [6, 6.07) is 6.11. The summed E-state index contributed by atoms with van der Waals surface area (Å²) in [6.45, 7) is 4.06. The van der Waals surface area contributed by atoms with E-state index in [1.807, 2.05) is 26.0 Å². The van der Waals surface area contributed by atoms with Crippen LogP contribution in [0.3, 0.4) is 0 Å². The van der Waals surface area contributed by atoms with Gasteiger partial charge in [-0.3, -0.25) is 4.79 Å². The Morgan fingerprint density at radius 2 is 1.79 bits per heavy atom. The number of anilines is 1. The summed E-state index contributed by atoms with van der Waals surface area (Å²) in [5.41, 5.74) is 3.30. The second-order valence-corrected chi connectivity index (χ2v) is 3.99. The number of carbonyl (C=O) groups excluding carboxylic acids is 1. The van der Waals surface area contributed by atoms with Crippen LogP contribution < -0.4 is 4.90 Å². The molecular formula is C11H14BrNO. The van der Waals surface area contributed by atoms with Crippen LogP contribution in [0.15, 0.2) is 18.2 Å². The highest BCUT2D eigenvalue weighted by Gasteiger charge is 2.09. The molecule has 0 aliphatic carbocycles. The molecule has 0 aliphatic rings. The van der Waals surface area contributed by atoms with E-state index in [2.05, 4.69) is 22.0 Å². The molecule has 0 aromatic heterocycles. The SMILES string of the molecule is Cc1cc(C)cc(N(C)C(=O)CBr)c1. The molecule has 76 valence electrons. The van der Waals surface area contributed by atoms with E-state index in [0.717, 1.165) is 5.69 Å². The van der Waals surface area contributed by atoms with Crippen molar-refractivity contribution in [2.45, 2.75) is 13.8 Å². The van der Waals surface area contributed by atoms with Gasteiger partial charge in [-0.05, 0) is 37.1 Å². The van der Waals surface area contributed by atoms with Crippen molar-refractivity contribution in [2.24, 2.45) is 0 Å². The molecule has 3 heteroatoms. The smallest absolute Gasteiger partial charge is 0.237 e. The van der Waals surface area contributed by atoms with Gasteiger partial charge in [0.05, 0.1) is 5.33 Å².